The first-order valence-corrected chi connectivity index (χ1v) is 5.47. The van der Waals surface area contributed by atoms with Gasteiger partial charge in [-0.1, -0.05) is 6.07 Å². The molecule has 0 radical (unpaired) electrons. The van der Waals surface area contributed by atoms with Gasteiger partial charge in [-0.15, -0.1) is 22.9 Å². The van der Waals surface area contributed by atoms with Crippen molar-refractivity contribution in [1.29, 1.82) is 0 Å². The zero-order valence-corrected chi connectivity index (χ0v) is 9.07. The molecule has 0 aromatic carbocycles. The molecule has 1 heterocycles. The third kappa shape index (κ3) is 3.36. The standard InChI is InChI=1S/C9H12ClNOS/c1-11(9(12)7-10)5-4-8-3-2-6-13-8/h2-3,6H,4-5,7H2,1H3. The van der Waals surface area contributed by atoms with Gasteiger partial charge in [0.2, 0.25) is 5.91 Å². The predicted octanol–water partition coefficient (Wildman–Crippen LogP) is 1.99. The summed E-state index contributed by atoms with van der Waals surface area (Å²) in [6.07, 6.45) is 0.913. The molecule has 0 aliphatic heterocycles. The van der Waals surface area contributed by atoms with Crippen LogP contribution in [0.3, 0.4) is 0 Å². The van der Waals surface area contributed by atoms with Crippen molar-refractivity contribution < 1.29 is 4.79 Å². The highest BCUT2D eigenvalue weighted by Gasteiger charge is 2.06. The van der Waals surface area contributed by atoms with E-state index in [1.165, 1.54) is 4.88 Å². The third-order valence-corrected chi connectivity index (χ3v) is 2.98. The number of likely N-dealkylation sites (N-methyl/N-ethyl adjacent to an activating group) is 1. The first-order valence-electron chi connectivity index (χ1n) is 4.06. The lowest BCUT2D eigenvalue weighted by Gasteiger charge is -2.14. The van der Waals surface area contributed by atoms with E-state index in [9.17, 15) is 4.79 Å². The molecule has 0 aliphatic carbocycles. The highest BCUT2D eigenvalue weighted by atomic mass is 35.5. The van der Waals surface area contributed by atoms with Gasteiger partial charge in [0, 0.05) is 18.5 Å². The second-order valence-electron chi connectivity index (χ2n) is 2.78. The summed E-state index contributed by atoms with van der Waals surface area (Å²) in [5, 5.41) is 2.04. The summed E-state index contributed by atoms with van der Waals surface area (Å²) in [5.41, 5.74) is 0. The van der Waals surface area contributed by atoms with Crippen LogP contribution >= 0.6 is 22.9 Å². The van der Waals surface area contributed by atoms with Gasteiger partial charge >= 0.3 is 0 Å². The SMILES string of the molecule is CN(CCc1cccs1)C(=O)CCl. The first kappa shape index (κ1) is 10.5. The number of carbonyl (C=O) groups excluding carboxylic acids is 1. The molecule has 1 amide bonds. The molecule has 0 atom stereocenters. The maximum Gasteiger partial charge on any atom is 0.237 e. The van der Waals surface area contributed by atoms with Crippen LogP contribution in [-0.2, 0) is 11.2 Å². The van der Waals surface area contributed by atoms with Crippen LogP contribution in [0, 0.1) is 0 Å². The Hall–Kier alpha value is -0.540. The molecule has 1 aromatic rings. The van der Waals surface area contributed by atoms with Crippen molar-refractivity contribution >= 4 is 28.8 Å². The summed E-state index contributed by atoms with van der Waals surface area (Å²) >= 11 is 7.13. The van der Waals surface area contributed by atoms with E-state index >= 15 is 0 Å². The van der Waals surface area contributed by atoms with Gasteiger partial charge in [0.25, 0.3) is 0 Å². The molecule has 0 fully saturated rings. The zero-order chi connectivity index (χ0) is 9.68. The van der Waals surface area contributed by atoms with Crippen molar-refractivity contribution in [3.05, 3.63) is 22.4 Å². The normalized spacial score (nSPS) is 10.0. The minimum Gasteiger partial charge on any atom is -0.344 e. The van der Waals surface area contributed by atoms with Gasteiger partial charge in [-0.3, -0.25) is 4.79 Å². The predicted molar refractivity (Wildman–Crippen MR) is 56.4 cm³/mol. The van der Waals surface area contributed by atoms with E-state index in [-0.39, 0.29) is 11.8 Å². The molecular formula is C9H12ClNOS. The summed E-state index contributed by atoms with van der Waals surface area (Å²) in [5.74, 6) is 0.0548. The molecule has 1 aromatic heterocycles. The van der Waals surface area contributed by atoms with Gasteiger partial charge in [-0.05, 0) is 17.9 Å². The third-order valence-electron chi connectivity index (χ3n) is 1.81. The quantitative estimate of drug-likeness (QED) is 0.707. The Balaban J connectivity index is 2.30. The van der Waals surface area contributed by atoms with E-state index in [1.54, 1.807) is 23.3 Å². The van der Waals surface area contributed by atoms with Crippen LogP contribution in [0.25, 0.3) is 0 Å². The molecule has 0 saturated carbocycles. The summed E-state index contributed by atoms with van der Waals surface area (Å²) < 4.78 is 0. The van der Waals surface area contributed by atoms with Crippen molar-refractivity contribution in [3.63, 3.8) is 0 Å². The van der Waals surface area contributed by atoms with Gasteiger partial charge in [-0.25, -0.2) is 0 Å². The maximum absolute atomic E-state index is 11.1. The Morgan fingerprint density at radius 1 is 1.69 bits per heavy atom. The molecule has 0 saturated heterocycles. The number of halogens is 1. The fourth-order valence-electron chi connectivity index (χ4n) is 0.959. The highest BCUT2D eigenvalue weighted by molar-refractivity contribution is 7.09. The van der Waals surface area contributed by atoms with E-state index in [0.29, 0.717) is 0 Å². The molecule has 13 heavy (non-hydrogen) atoms. The molecule has 2 nitrogen and oxygen atoms in total. The lowest BCUT2D eigenvalue weighted by Crippen LogP contribution is -2.29. The van der Waals surface area contributed by atoms with E-state index in [4.69, 9.17) is 11.6 Å². The van der Waals surface area contributed by atoms with Gasteiger partial charge in [-0.2, -0.15) is 0 Å². The Morgan fingerprint density at radius 2 is 2.46 bits per heavy atom. The number of amides is 1. The molecule has 72 valence electrons. The number of hydrogen-bond acceptors (Lipinski definition) is 2. The first-order chi connectivity index (χ1) is 6.24. The van der Waals surface area contributed by atoms with Crippen LogP contribution in [0.5, 0.6) is 0 Å². The van der Waals surface area contributed by atoms with Crippen LogP contribution in [0.4, 0.5) is 0 Å². The number of hydrogen-bond donors (Lipinski definition) is 0. The monoisotopic (exact) mass is 217 g/mol. The summed E-state index contributed by atoms with van der Waals surface area (Å²) in [6, 6.07) is 4.09. The highest BCUT2D eigenvalue weighted by Crippen LogP contribution is 2.09. The number of rotatable bonds is 4. The Labute approximate surface area is 87.1 Å². The van der Waals surface area contributed by atoms with Crippen LogP contribution in [0.1, 0.15) is 4.88 Å². The van der Waals surface area contributed by atoms with Gasteiger partial charge in [0.1, 0.15) is 5.88 Å². The molecular weight excluding hydrogens is 206 g/mol. The molecule has 1 rings (SSSR count). The Kier molecular flexibility index (Phi) is 4.25. The van der Waals surface area contributed by atoms with Crippen LogP contribution in [0.15, 0.2) is 17.5 Å². The molecule has 0 N–H and O–H groups in total. The van der Waals surface area contributed by atoms with Crippen LogP contribution in [-0.4, -0.2) is 30.3 Å². The smallest absolute Gasteiger partial charge is 0.237 e. The average Bonchev–Trinajstić information content (AvgIpc) is 2.65. The fourth-order valence-corrected chi connectivity index (χ4v) is 1.86. The molecule has 0 aliphatic rings. The van der Waals surface area contributed by atoms with E-state index < -0.39 is 0 Å². The van der Waals surface area contributed by atoms with Gasteiger partial charge in [0.05, 0.1) is 0 Å². The lowest BCUT2D eigenvalue weighted by molar-refractivity contribution is -0.127. The second kappa shape index (κ2) is 5.25. The molecule has 4 heteroatoms. The summed E-state index contributed by atoms with van der Waals surface area (Å²) in [7, 11) is 1.78. The Morgan fingerprint density at radius 3 is 3.00 bits per heavy atom. The van der Waals surface area contributed by atoms with Crippen molar-refractivity contribution in [2.24, 2.45) is 0 Å². The number of carbonyl (C=O) groups is 1. The van der Waals surface area contributed by atoms with Crippen molar-refractivity contribution in [3.8, 4) is 0 Å². The summed E-state index contributed by atoms with van der Waals surface area (Å²) in [4.78, 5) is 14.0. The van der Waals surface area contributed by atoms with Crippen LogP contribution in [0.2, 0.25) is 0 Å². The topological polar surface area (TPSA) is 20.3 Å². The van der Waals surface area contributed by atoms with Crippen molar-refractivity contribution in [1.82, 2.24) is 4.90 Å². The lowest BCUT2D eigenvalue weighted by atomic mass is 10.3. The van der Waals surface area contributed by atoms with Gasteiger partial charge < -0.3 is 4.90 Å². The second-order valence-corrected chi connectivity index (χ2v) is 4.08. The summed E-state index contributed by atoms with van der Waals surface area (Å²) in [6.45, 7) is 0.742. The number of thiophene rings is 1. The molecule has 0 spiro atoms. The largest absolute Gasteiger partial charge is 0.344 e. The Bertz CT molecular complexity index is 261. The van der Waals surface area contributed by atoms with Crippen LogP contribution < -0.4 is 0 Å². The zero-order valence-electron chi connectivity index (χ0n) is 7.50. The van der Waals surface area contributed by atoms with Crippen molar-refractivity contribution in [2.75, 3.05) is 19.5 Å². The number of alkyl halides is 1. The molecule has 0 unspecified atom stereocenters. The van der Waals surface area contributed by atoms with Crippen molar-refractivity contribution in [2.45, 2.75) is 6.42 Å². The van der Waals surface area contributed by atoms with E-state index in [2.05, 4.69) is 6.07 Å². The van der Waals surface area contributed by atoms with E-state index in [0.717, 1.165) is 13.0 Å². The maximum atomic E-state index is 11.1. The minimum absolute atomic E-state index is 0.0155. The average molecular weight is 218 g/mol. The molecule has 0 bridgehead atoms. The van der Waals surface area contributed by atoms with Gasteiger partial charge in [0.15, 0.2) is 0 Å². The van der Waals surface area contributed by atoms with E-state index in [1.807, 2.05) is 11.4 Å². The fraction of sp³-hybridized carbons (Fsp3) is 0.444. The minimum atomic E-state index is -0.0155. The number of nitrogens with zero attached hydrogens (tertiary/aromatic N) is 1.